The van der Waals surface area contributed by atoms with Gasteiger partial charge in [0.2, 0.25) is 0 Å². The van der Waals surface area contributed by atoms with Crippen LogP contribution in [0.4, 0.5) is 5.69 Å². The minimum absolute atomic E-state index is 0.901. The Bertz CT molecular complexity index is 479. The van der Waals surface area contributed by atoms with Gasteiger partial charge in [0.15, 0.2) is 0 Å². The molecule has 0 aliphatic rings. The molecule has 0 N–H and O–H groups in total. The molecule has 1 nitrogen and oxygen atoms in total. The van der Waals surface area contributed by atoms with Crippen LogP contribution in [0.2, 0.25) is 0 Å². The van der Waals surface area contributed by atoms with E-state index in [4.69, 9.17) is 0 Å². The number of rotatable bonds is 4. The number of nitrogens with zero attached hydrogens (tertiary/aromatic N) is 1. The molecule has 1 aromatic carbocycles. The van der Waals surface area contributed by atoms with Crippen molar-refractivity contribution in [2.45, 2.75) is 18.8 Å². The first-order chi connectivity index (χ1) is 8.20. The average Bonchev–Trinajstić information content (AvgIpc) is 2.81. The lowest BCUT2D eigenvalue weighted by Gasteiger charge is -2.22. The Balaban J connectivity index is 2.21. The maximum Gasteiger partial charge on any atom is 0.0434 e. The van der Waals surface area contributed by atoms with E-state index < -0.39 is 0 Å². The van der Waals surface area contributed by atoms with Crippen molar-refractivity contribution in [2.24, 2.45) is 0 Å². The second kappa shape index (κ2) is 5.69. The number of benzene rings is 1. The SMILES string of the molecule is Cc1ccc(N(C)Cc2ccsc2)c(CBr)c1. The maximum absolute atomic E-state index is 3.56. The summed E-state index contributed by atoms with van der Waals surface area (Å²) in [4.78, 5) is 2.30. The normalized spacial score (nSPS) is 10.5. The lowest BCUT2D eigenvalue weighted by Crippen LogP contribution is -2.17. The zero-order chi connectivity index (χ0) is 12.3. The van der Waals surface area contributed by atoms with Gasteiger partial charge in [-0.3, -0.25) is 0 Å². The summed E-state index contributed by atoms with van der Waals surface area (Å²) in [5.41, 5.74) is 5.34. The second-order valence-corrected chi connectivity index (χ2v) is 5.59. The Morgan fingerprint density at radius 3 is 2.76 bits per heavy atom. The zero-order valence-electron chi connectivity index (χ0n) is 10.1. The summed E-state index contributed by atoms with van der Waals surface area (Å²) < 4.78 is 0. The fourth-order valence-electron chi connectivity index (χ4n) is 1.94. The number of hydrogen-bond acceptors (Lipinski definition) is 2. The fraction of sp³-hybridized carbons (Fsp3) is 0.286. The molecule has 0 amide bonds. The van der Waals surface area contributed by atoms with Gasteiger partial charge in [0, 0.05) is 24.6 Å². The van der Waals surface area contributed by atoms with Crippen LogP contribution in [0.1, 0.15) is 16.7 Å². The highest BCUT2D eigenvalue weighted by atomic mass is 79.9. The molecule has 2 rings (SSSR count). The van der Waals surface area contributed by atoms with E-state index in [1.54, 1.807) is 11.3 Å². The van der Waals surface area contributed by atoms with Gasteiger partial charge in [0.05, 0.1) is 0 Å². The molecule has 0 saturated heterocycles. The van der Waals surface area contributed by atoms with Crippen LogP contribution in [0.5, 0.6) is 0 Å². The zero-order valence-corrected chi connectivity index (χ0v) is 12.5. The summed E-state index contributed by atoms with van der Waals surface area (Å²) in [6.07, 6.45) is 0. The number of hydrogen-bond donors (Lipinski definition) is 0. The average molecular weight is 310 g/mol. The van der Waals surface area contributed by atoms with Crippen molar-refractivity contribution < 1.29 is 0 Å². The van der Waals surface area contributed by atoms with Crippen molar-refractivity contribution in [3.05, 3.63) is 51.7 Å². The van der Waals surface area contributed by atoms with E-state index in [0.717, 1.165) is 11.9 Å². The summed E-state index contributed by atoms with van der Waals surface area (Å²) >= 11 is 5.32. The van der Waals surface area contributed by atoms with Gasteiger partial charge in [0.25, 0.3) is 0 Å². The first kappa shape index (κ1) is 12.7. The molecule has 3 heteroatoms. The Hall–Kier alpha value is -0.800. The van der Waals surface area contributed by atoms with Gasteiger partial charge in [-0.1, -0.05) is 33.6 Å². The smallest absolute Gasteiger partial charge is 0.0434 e. The number of aryl methyl sites for hydroxylation is 1. The van der Waals surface area contributed by atoms with E-state index in [-0.39, 0.29) is 0 Å². The van der Waals surface area contributed by atoms with Crippen molar-refractivity contribution in [1.82, 2.24) is 0 Å². The molecule has 0 radical (unpaired) electrons. The third-order valence-corrected chi connectivity index (χ3v) is 4.13. The lowest BCUT2D eigenvalue weighted by molar-refractivity contribution is 0.920. The molecule has 0 saturated carbocycles. The van der Waals surface area contributed by atoms with Gasteiger partial charge in [0.1, 0.15) is 0 Å². The molecule has 90 valence electrons. The number of alkyl halides is 1. The van der Waals surface area contributed by atoms with E-state index >= 15 is 0 Å². The molecule has 0 bridgehead atoms. The Morgan fingerprint density at radius 1 is 1.29 bits per heavy atom. The van der Waals surface area contributed by atoms with E-state index in [1.807, 2.05) is 0 Å². The van der Waals surface area contributed by atoms with Crippen LogP contribution >= 0.6 is 27.3 Å². The van der Waals surface area contributed by atoms with Gasteiger partial charge in [-0.25, -0.2) is 0 Å². The first-order valence-electron chi connectivity index (χ1n) is 5.58. The fourth-order valence-corrected chi connectivity index (χ4v) is 3.04. The van der Waals surface area contributed by atoms with Gasteiger partial charge >= 0.3 is 0 Å². The molecule has 17 heavy (non-hydrogen) atoms. The van der Waals surface area contributed by atoms with Crippen LogP contribution in [0.25, 0.3) is 0 Å². The number of halogens is 1. The molecular formula is C14H16BrNS. The first-order valence-corrected chi connectivity index (χ1v) is 7.65. The summed E-state index contributed by atoms with van der Waals surface area (Å²) in [6.45, 7) is 3.10. The van der Waals surface area contributed by atoms with Crippen LogP contribution in [-0.4, -0.2) is 7.05 Å². The number of thiophene rings is 1. The van der Waals surface area contributed by atoms with Crippen molar-refractivity contribution in [1.29, 1.82) is 0 Å². The van der Waals surface area contributed by atoms with E-state index in [2.05, 4.69) is 69.8 Å². The van der Waals surface area contributed by atoms with Crippen LogP contribution in [-0.2, 0) is 11.9 Å². The van der Waals surface area contributed by atoms with Crippen LogP contribution < -0.4 is 4.90 Å². The topological polar surface area (TPSA) is 3.24 Å². The largest absolute Gasteiger partial charge is 0.370 e. The van der Waals surface area contributed by atoms with Gasteiger partial charge in [-0.15, -0.1) is 0 Å². The van der Waals surface area contributed by atoms with E-state index in [0.29, 0.717) is 0 Å². The molecule has 1 heterocycles. The Labute approximate surface area is 115 Å². The van der Waals surface area contributed by atoms with Gasteiger partial charge in [-0.05, 0) is 40.9 Å². The van der Waals surface area contributed by atoms with Crippen LogP contribution in [0, 0.1) is 6.92 Å². The van der Waals surface area contributed by atoms with Crippen molar-refractivity contribution in [3.8, 4) is 0 Å². The summed E-state index contributed by atoms with van der Waals surface area (Å²) in [6, 6.07) is 8.81. The van der Waals surface area contributed by atoms with Gasteiger partial charge < -0.3 is 4.90 Å². The summed E-state index contributed by atoms with van der Waals surface area (Å²) in [5, 5.41) is 5.24. The predicted octanol–water partition coefficient (Wildman–Crippen LogP) is 4.59. The van der Waals surface area contributed by atoms with Crippen molar-refractivity contribution in [2.75, 3.05) is 11.9 Å². The number of anilines is 1. The molecule has 0 fully saturated rings. The molecule has 2 aromatic rings. The van der Waals surface area contributed by atoms with E-state index in [1.165, 1.54) is 22.4 Å². The molecule has 0 unspecified atom stereocenters. The monoisotopic (exact) mass is 309 g/mol. The highest BCUT2D eigenvalue weighted by molar-refractivity contribution is 9.08. The second-order valence-electron chi connectivity index (χ2n) is 4.25. The highest BCUT2D eigenvalue weighted by Crippen LogP contribution is 2.25. The highest BCUT2D eigenvalue weighted by Gasteiger charge is 2.07. The van der Waals surface area contributed by atoms with Crippen molar-refractivity contribution in [3.63, 3.8) is 0 Å². The maximum atomic E-state index is 3.56. The summed E-state index contributed by atoms with van der Waals surface area (Å²) in [7, 11) is 2.15. The molecular weight excluding hydrogens is 294 g/mol. The van der Waals surface area contributed by atoms with Crippen LogP contribution in [0.15, 0.2) is 35.0 Å². The minimum atomic E-state index is 0.901. The third kappa shape index (κ3) is 3.11. The third-order valence-electron chi connectivity index (χ3n) is 2.79. The van der Waals surface area contributed by atoms with Crippen molar-refractivity contribution >= 4 is 33.0 Å². The molecule has 0 aliphatic heterocycles. The van der Waals surface area contributed by atoms with E-state index in [9.17, 15) is 0 Å². The lowest BCUT2D eigenvalue weighted by atomic mass is 10.1. The molecule has 0 spiro atoms. The van der Waals surface area contributed by atoms with Crippen LogP contribution in [0.3, 0.4) is 0 Å². The summed E-state index contributed by atoms with van der Waals surface area (Å²) in [5.74, 6) is 0. The Morgan fingerprint density at radius 2 is 2.12 bits per heavy atom. The van der Waals surface area contributed by atoms with Gasteiger partial charge in [-0.2, -0.15) is 11.3 Å². The minimum Gasteiger partial charge on any atom is -0.370 e. The molecule has 0 atom stereocenters. The molecule has 0 aliphatic carbocycles. The standard InChI is InChI=1S/C14H16BrNS/c1-11-3-4-14(13(7-11)8-15)16(2)9-12-5-6-17-10-12/h3-7,10H,8-9H2,1-2H3. The predicted molar refractivity (Wildman–Crippen MR) is 80.2 cm³/mol. The Kier molecular flexibility index (Phi) is 4.24. The molecule has 1 aromatic heterocycles. The quantitative estimate of drug-likeness (QED) is 0.747.